The minimum Gasteiger partial charge on any atom is -0.467 e. The molecule has 1 aromatic heterocycles. The monoisotopic (exact) mass is 536 g/mol. The van der Waals surface area contributed by atoms with E-state index < -0.39 is 10.0 Å². The van der Waals surface area contributed by atoms with Gasteiger partial charge in [-0.15, -0.1) is 0 Å². The smallest absolute Gasteiger partial charge is 0.244 e. The molecule has 0 saturated carbocycles. The summed E-state index contributed by atoms with van der Waals surface area (Å²) >= 11 is 0. The van der Waals surface area contributed by atoms with Crippen LogP contribution in [-0.2, 0) is 32.6 Å². The van der Waals surface area contributed by atoms with Gasteiger partial charge in [-0.3, -0.25) is 4.79 Å². The lowest BCUT2D eigenvalue weighted by molar-refractivity contribution is -0.133. The molecule has 1 amide bonds. The molecule has 0 aliphatic carbocycles. The highest BCUT2D eigenvalue weighted by Crippen LogP contribution is 2.33. The number of rotatable bonds is 11. The predicted octanol–water partition coefficient (Wildman–Crippen LogP) is 4.03. The van der Waals surface area contributed by atoms with Crippen LogP contribution in [0.15, 0.2) is 88.4 Å². The highest BCUT2D eigenvalue weighted by atomic mass is 32.2. The van der Waals surface area contributed by atoms with Crippen molar-refractivity contribution in [2.75, 3.05) is 33.6 Å². The number of benzene rings is 3. The molecule has 1 aliphatic heterocycles. The Bertz CT molecular complexity index is 1510. The zero-order valence-corrected chi connectivity index (χ0v) is 21.7. The molecule has 0 N–H and O–H groups in total. The number of amides is 1. The van der Waals surface area contributed by atoms with Gasteiger partial charge < -0.3 is 23.5 Å². The summed E-state index contributed by atoms with van der Waals surface area (Å²) in [4.78, 5) is 15.4. The van der Waals surface area contributed by atoms with Gasteiger partial charge in [0, 0.05) is 25.6 Å². The van der Waals surface area contributed by atoms with Crippen LogP contribution in [0.4, 0.5) is 0 Å². The van der Waals surface area contributed by atoms with Gasteiger partial charge in [0.15, 0.2) is 11.5 Å². The summed E-state index contributed by atoms with van der Waals surface area (Å²) in [6.07, 6.45) is 1.54. The first-order chi connectivity index (χ1) is 18.5. The molecule has 10 heteroatoms. The predicted molar refractivity (Wildman–Crippen MR) is 140 cm³/mol. The summed E-state index contributed by atoms with van der Waals surface area (Å²) in [5, 5.41) is 1.39. The van der Waals surface area contributed by atoms with Crippen molar-refractivity contribution in [1.29, 1.82) is 0 Å². The number of carbonyl (C=O) groups excluding carboxylic acids is 1. The van der Waals surface area contributed by atoms with Crippen LogP contribution < -0.4 is 9.47 Å². The second-order valence-electron chi connectivity index (χ2n) is 8.83. The van der Waals surface area contributed by atoms with E-state index in [1.807, 2.05) is 30.3 Å². The van der Waals surface area contributed by atoms with E-state index in [0.717, 1.165) is 10.9 Å². The van der Waals surface area contributed by atoms with E-state index >= 15 is 0 Å². The van der Waals surface area contributed by atoms with Gasteiger partial charge in [-0.25, -0.2) is 8.42 Å². The maximum atomic E-state index is 13.9. The van der Waals surface area contributed by atoms with Crippen molar-refractivity contribution in [2.24, 2.45) is 0 Å². The fourth-order valence-corrected chi connectivity index (χ4v) is 5.96. The van der Waals surface area contributed by atoms with Gasteiger partial charge in [0.05, 0.1) is 30.9 Å². The Balaban J connectivity index is 1.44. The number of carbonyl (C=O) groups is 1. The van der Waals surface area contributed by atoms with Crippen LogP contribution in [0.2, 0.25) is 0 Å². The number of hydrogen-bond acceptors (Lipinski definition) is 7. The molecule has 3 aromatic carbocycles. The fraction of sp³-hybridized carbons (Fsp3) is 0.250. The van der Waals surface area contributed by atoms with Gasteiger partial charge in [0.25, 0.3) is 0 Å². The molecular weight excluding hydrogens is 508 g/mol. The van der Waals surface area contributed by atoms with Gasteiger partial charge in [-0.2, -0.15) is 4.31 Å². The molecule has 0 spiro atoms. The van der Waals surface area contributed by atoms with E-state index in [1.54, 1.807) is 47.4 Å². The van der Waals surface area contributed by atoms with Gasteiger partial charge in [0.1, 0.15) is 5.76 Å². The number of sulfonamides is 1. The van der Waals surface area contributed by atoms with Crippen LogP contribution in [0.5, 0.6) is 11.5 Å². The summed E-state index contributed by atoms with van der Waals surface area (Å²) in [5.74, 6) is 1.45. The Morgan fingerprint density at radius 1 is 0.947 bits per heavy atom. The second-order valence-corrected chi connectivity index (χ2v) is 10.7. The van der Waals surface area contributed by atoms with Crippen LogP contribution >= 0.6 is 0 Å². The van der Waals surface area contributed by atoms with Crippen molar-refractivity contribution in [3.05, 3.63) is 90.4 Å². The molecule has 2 heterocycles. The summed E-state index contributed by atoms with van der Waals surface area (Å²) in [6.45, 7) is 0.341. The third-order valence-corrected chi connectivity index (χ3v) is 8.22. The number of nitrogens with zero attached hydrogens (tertiary/aromatic N) is 2. The fourth-order valence-electron chi connectivity index (χ4n) is 4.37. The van der Waals surface area contributed by atoms with Crippen LogP contribution in [0.3, 0.4) is 0 Å². The summed E-state index contributed by atoms with van der Waals surface area (Å²) < 4.78 is 50.4. The Hall–Kier alpha value is -3.86. The lowest BCUT2D eigenvalue weighted by atomic mass is 10.1. The maximum Gasteiger partial charge on any atom is 0.244 e. The SMILES string of the molecule is COCCN(CC(=O)N(Cc1ccc2c(c1)OCO2)Cc1ccco1)S(=O)(=O)c1cccc2ccccc12. The molecule has 198 valence electrons. The highest BCUT2D eigenvalue weighted by Gasteiger charge is 2.30. The summed E-state index contributed by atoms with van der Waals surface area (Å²) in [6, 6.07) is 21.4. The van der Waals surface area contributed by atoms with Crippen molar-refractivity contribution < 1.29 is 31.8 Å². The number of furan rings is 1. The summed E-state index contributed by atoms with van der Waals surface area (Å²) in [5.41, 5.74) is 0.814. The maximum absolute atomic E-state index is 13.9. The Morgan fingerprint density at radius 2 is 1.76 bits per heavy atom. The van der Waals surface area contributed by atoms with Crippen molar-refractivity contribution in [2.45, 2.75) is 18.0 Å². The van der Waals surface area contributed by atoms with Crippen molar-refractivity contribution >= 4 is 26.7 Å². The largest absolute Gasteiger partial charge is 0.467 e. The van der Waals surface area contributed by atoms with E-state index in [1.165, 1.54) is 17.7 Å². The average molecular weight is 537 g/mol. The number of ether oxygens (including phenoxy) is 3. The first kappa shape index (κ1) is 25.8. The number of methoxy groups -OCH3 is 1. The van der Waals surface area contributed by atoms with E-state index in [-0.39, 0.29) is 50.4 Å². The topological polar surface area (TPSA) is 98.5 Å². The molecule has 1 aliphatic rings. The van der Waals surface area contributed by atoms with Crippen LogP contribution in [0, 0.1) is 0 Å². The molecule has 0 bridgehead atoms. The average Bonchev–Trinajstić information content (AvgIpc) is 3.62. The standard InChI is InChI=1S/C28H28N2O7S/c1-34-15-13-30(38(32,33)27-10-4-7-22-6-2-3-9-24(22)27)19-28(31)29(18-23-8-5-14-35-23)17-21-11-12-25-26(16-21)37-20-36-25/h2-12,14,16H,13,15,17-20H2,1H3. The van der Waals surface area contributed by atoms with E-state index in [2.05, 4.69) is 0 Å². The van der Waals surface area contributed by atoms with Gasteiger partial charge in [-0.1, -0.05) is 42.5 Å². The Morgan fingerprint density at radius 3 is 2.58 bits per heavy atom. The Labute approximate surface area is 221 Å². The molecule has 0 atom stereocenters. The van der Waals surface area contributed by atoms with Gasteiger partial charge >= 0.3 is 0 Å². The Kier molecular flexibility index (Phi) is 7.64. The lowest BCUT2D eigenvalue weighted by Gasteiger charge is -2.27. The zero-order chi connectivity index (χ0) is 26.5. The van der Waals surface area contributed by atoms with Gasteiger partial charge in [-0.05, 0) is 41.3 Å². The first-order valence-corrected chi connectivity index (χ1v) is 13.6. The third-order valence-electron chi connectivity index (χ3n) is 6.31. The van der Waals surface area contributed by atoms with Crippen LogP contribution in [-0.4, -0.2) is 57.1 Å². The summed E-state index contributed by atoms with van der Waals surface area (Å²) in [7, 11) is -2.53. The van der Waals surface area contributed by atoms with Crippen molar-refractivity contribution in [3.8, 4) is 11.5 Å². The van der Waals surface area contributed by atoms with E-state index in [0.29, 0.717) is 22.6 Å². The second kappa shape index (κ2) is 11.3. The van der Waals surface area contributed by atoms with Crippen molar-refractivity contribution in [3.63, 3.8) is 0 Å². The molecular formula is C28H28N2O7S. The molecule has 0 unspecified atom stereocenters. The van der Waals surface area contributed by atoms with Crippen LogP contribution in [0.25, 0.3) is 10.8 Å². The molecule has 0 saturated heterocycles. The molecule has 38 heavy (non-hydrogen) atoms. The third kappa shape index (κ3) is 5.52. The van der Waals surface area contributed by atoms with Gasteiger partial charge in [0.2, 0.25) is 22.7 Å². The normalized spacial score (nSPS) is 12.8. The molecule has 4 aromatic rings. The van der Waals surface area contributed by atoms with Crippen LogP contribution in [0.1, 0.15) is 11.3 Å². The quantitative estimate of drug-likeness (QED) is 0.285. The lowest BCUT2D eigenvalue weighted by Crippen LogP contribution is -2.43. The van der Waals surface area contributed by atoms with Crippen molar-refractivity contribution in [1.82, 2.24) is 9.21 Å². The minimum atomic E-state index is -4.03. The molecule has 5 rings (SSSR count). The number of hydrogen-bond donors (Lipinski definition) is 0. The first-order valence-electron chi connectivity index (χ1n) is 12.1. The number of fused-ring (bicyclic) bond motifs is 2. The zero-order valence-electron chi connectivity index (χ0n) is 20.9. The molecule has 0 fully saturated rings. The highest BCUT2D eigenvalue weighted by molar-refractivity contribution is 7.89. The van der Waals surface area contributed by atoms with E-state index in [4.69, 9.17) is 18.6 Å². The minimum absolute atomic E-state index is 0.0202. The van der Waals surface area contributed by atoms with E-state index in [9.17, 15) is 13.2 Å². The molecule has 0 radical (unpaired) electrons. The molecule has 9 nitrogen and oxygen atoms in total.